The SMILES string of the molecule is COc1cc(C)c(COC(=O)CN2C(=O)N[C@@]3(CCCC[C@H]3C)C2=O)cc1OC. The summed E-state index contributed by atoms with van der Waals surface area (Å²) in [7, 11) is 3.08. The second kappa shape index (κ2) is 8.31. The number of benzene rings is 1. The van der Waals surface area contributed by atoms with E-state index in [2.05, 4.69) is 5.32 Å². The predicted molar refractivity (Wildman–Crippen MR) is 105 cm³/mol. The lowest BCUT2D eigenvalue weighted by Gasteiger charge is -2.36. The average Bonchev–Trinajstić information content (AvgIpc) is 2.94. The van der Waals surface area contributed by atoms with Crippen LogP contribution in [0, 0.1) is 12.8 Å². The monoisotopic (exact) mass is 404 g/mol. The Hall–Kier alpha value is -2.77. The molecule has 0 aromatic heterocycles. The molecule has 1 aliphatic heterocycles. The molecule has 158 valence electrons. The van der Waals surface area contributed by atoms with Gasteiger partial charge in [0.1, 0.15) is 18.7 Å². The number of nitrogens with one attached hydrogen (secondary N) is 1. The van der Waals surface area contributed by atoms with Crippen molar-refractivity contribution >= 4 is 17.9 Å². The van der Waals surface area contributed by atoms with E-state index in [1.807, 2.05) is 13.8 Å². The van der Waals surface area contributed by atoms with Crippen LogP contribution in [0.25, 0.3) is 0 Å². The summed E-state index contributed by atoms with van der Waals surface area (Å²) in [6, 6.07) is 3.02. The smallest absolute Gasteiger partial charge is 0.326 e. The van der Waals surface area contributed by atoms with E-state index in [0.29, 0.717) is 17.9 Å². The van der Waals surface area contributed by atoms with Gasteiger partial charge in [-0.15, -0.1) is 0 Å². The van der Waals surface area contributed by atoms with Crippen molar-refractivity contribution in [1.82, 2.24) is 10.2 Å². The standard InChI is InChI=1S/C21H28N2O6/c1-13-9-16(27-3)17(28-4)10-15(13)12-29-18(24)11-23-19(25)21(22-20(23)26)8-6-5-7-14(21)2/h9-10,14H,5-8,11-12H2,1-4H3,(H,22,26)/t14-,21-/m1/s1. The van der Waals surface area contributed by atoms with E-state index in [-0.39, 0.29) is 18.4 Å². The van der Waals surface area contributed by atoms with Gasteiger partial charge >= 0.3 is 12.0 Å². The molecular formula is C21H28N2O6. The number of ether oxygens (including phenoxy) is 3. The Bertz CT molecular complexity index is 824. The fourth-order valence-corrected chi connectivity index (χ4v) is 4.15. The molecule has 1 aliphatic carbocycles. The first-order valence-corrected chi connectivity index (χ1v) is 9.83. The van der Waals surface area contributed by atoms with Crippen molar-refractivity contribution in [2.75, 3.05) is 20.8 Å². The van der Waals surface area contributed by atoms with Crippen LogP contribution in [0.4, 0.5) is 4.79 Å². The highest BCUT2D eigenvalue weighted by molar-refractivity contribution is 6.08. The highest BCUT2D eigenvalue weighted by atomic mass is 16.5. The summed E-state index contributed by atoms with van der Waals surface area (Å²) >= 11 is 0. The van der Waals surface area contributed by atoms with Crippen LogP contribution in [-0.4, -0.2) is 49.1 Å². The third-order valence-corrected chi connectivity index (χ3v) is 6.02. The molecule has 3 amide bonds. The van der Waals surface area contributed by atoms with Gasteiger partial charge < -0.3 is 19.5 Å². The van der Waals surface area contributed by atoms with Gasteiger partial charge in [-0.25, -0.2) is 4.79 Å². The summed E-state index contributed by atoms with van der Waals surface area (Å²) in [5.74, 6) is 0.207. The second-order valence-corrected chi connectivity index (χ2v) is 7.73. The van der Waals surface area contributed by atoms with E-state index in [4.69, 9.17) is 14.2 Å². The van der Waals surface area contributed by atoms with Crippen LogP contribution in [0.15, 0.2) is 12.1 Å². The number of methoxy groups -OCH3 is 2. The third-order valence-electron chi connectivity index (χ3n) is 6.02. The normalized spacial score (nSPS) is 23.9. The molecule has 0 radical (unpaired) electrons. The molecule has 8 nitrogen and oxygen atoms in total. The van der Waals surface area contributed by atoms with Crippen molar-refractivity contribution in [3.8, 4) is 11.5 Å². The fraction of sp³-hybridized carbons (Fsp3) is 0.571. The Labute approximate surface area is 170 Å². The summed E-state index contributed by atoms with van der Waals surface area (Å²) in [4.78, 5) is 38.6. The maximum absolute atomic E-state index is 12.9. The summed E-state index contributed by atoms with van der Waals surface area (Å²) in [5, 5.41) is 2.83. The summed E-state index contributed by atoms with van der Waals surface area (Å²) in [5.41, 5.74) is 0.751. The van der Waals surface area contributed by atoms with E-state index in [9.17, 15) is 14.4 Å². The maximum atomic E-state index is 12.9. The molecule has 2 aliphatic rings. The number of esters is 1. The minimum absolute atomic E-state index is 0.0101. The van der Waals surface area contributed by atoms with Crippen LogP contribution in [-0.2, 0) is 20.9 Å². The number of nitrogens with zero attached hydrogens (tertiary/aromatic N) is 1. The molecule has 2 fully saturated rings. The maximum Gasteiger partial charge on any atom is 0.326 e. The molecule has 1 aromatic rings. The predicted octanol–water partition coefficient (Wildman–Crippen LogP) is 2.56. The van der Waals surface area contributed by atoms with Crippen LogP contribution < -0.4 is 14.8 Å². The van der Waals surface area contributed by atoms with Gasteiger partial charge in [-0.3, -0.25) is 14.5 Å². The number of carbonyl (C=O) groups excluding carboxylic acids is 3. The molecule has 1 N–H and O–H groups in total. The molecule has 1 saturated heterocycles. The first-order valence-electron chi connectivity index (χ1n) is 9.83. The van der Waals surface area contributed by atoms with Crippen molar-refractivity contribution in [1.29, 1.82) is 0 Å². The number of hydrogen-bond donors (Lipinski definition) is 1. The topological polar surface area (TPSA) is 94.2 Å². The van der Waals surface area contributed by atoms with Gasteiger partial charge in [-0.2, -0.15) is 0 Å². The quantitative estimate of drug-likeness (QED) is 0.578. The van der Waals surface area contributed by atoms with Gasteiger partial charge in [0.05, 0.1) is 14.2 Å². The molecule has 2 atom stereocenters. The Kier molecular flexibility index (Phi) is 6.00. The molecule has 1 spiro atoms. The van der Waals surface area contributed by atoms with E-state index in [1.54, 1.807) is 19.2 Å². The van der Waals surface area contributed by atoms with Gasteiger partial charge in [0.15, 0.2) is 11.5 Å². The molecule has 1 saturated carbocycles. The Balaban J connectivity index is 1.64. The molecule has 0 bridgehead atoms. The van der Waals surface area contributed by atoms with Crippen molar-refractivity contribution in [2.45, 2.75) is 51.7 Å². The minimum atomic E-state index is -0.879. The highest BCUT2D eigenvalue weighted by Crippen LogP contribution is 2.38. The Morgan fingerprint density at radius 1 is 1.21 bits per heavy atom. The first-order chi connectivity index (χ1) is 13.8. The highest BCUT2D eigenvalue weighted by Gasteiger charge is 2.55. The van der Waals surface area contributed by atoms with E-state index in [0.717, 1.165) is 35.3 Å². The largest absolute Gasteiger partial charge is 0.493 e. The van der Waals surface area contributed by atoms with Gasteiger partial charge in [-0.1, -0.05) is 19.8 Å². The molecule has 3 rings (SSSR count). The van der Waals surface area contributed by atoms with Gasteiger partial charge in [0, 0.05) is 0 Å². The summed E-state index contributed by atoms with van der Waals surface area (Å²) < 4.78 is 15.9. The Morgan fingerprint density at radius 2 is 1.90 bits per heavy atom. The number of rotatable bonds is 6. The van der Waals surface area contributed by atoms with Crippen molar-refractivity contribution in [3.05, 3.63) is 23.3 Å². The number of urea groups is 1. The number of imide groups is 1. The molecule has 1 aromatic carbocycles. The van der Waals surface area contributed by atoms with Crippen LogP contribution in [0.3, 0.4) is 0 Å². The van der Waals surface area contributed by atoms with Crippen LogP contribution in [0.2, 0.25) is 0 Å². The van der Waals surface area contributed by atoms with Crippen LogP contribution in [0.5, 0.6) is 11.5 Å². The third kappa shape index (κ3) is 3.88. The summed E-state index contributed by atoms with van der Waals surface area (Å²) in [6.45, 7) is 3.46. The van der Waals surface area contributed by atoms with Crippen molar-refractivity contribution < 1.29 is 28.6 Å². The van der Waals surface area contributed by atoms with E-state index in [1.165, 1.54) is 7.11 Å². The number of carbonyl (C=O) groups is 3. The summed E-state index contributed by atoms with van der Waals surface area (Å²) in [6.07, 6.45) is 3.41. The van der Waals surface area contributed by atoms with Gasteiger partial charge in [0.2, 0.25) is 0 Å². The number of aryl methyl sites for hydroxylation is 1. The Morgan fingerprint density at radius 3 is 2.55 bits per heavy atom. The molecule has 29 heavy (non-hydrogen) atoms. The first kappa shape index (κ1) is 21.0. The zero-order chi connectivity index (χ0) is 21.2. The van der Waals surface area contributed by atoms with Crippen molar-refractivity contribution in [3.63, 3.8) is 0 Å². The molecule has 8 heteroatoms. The lowest BCUT2D eigenvalue weighted by atomic mass is 9.73. The van der Waals surface area contributed by atoms with E-state index >= 15 is 0 Å². The van der Waals surface area contributed by atoms with Crippen molar-refractivity contribution in [2.24, 2.45) is 5.92 Å². The average molecular weight is 404 g/mol. The minimum Gasteiger partial charge on any atom is -0.493 e. The fourth-order valence-electron chi connectivity index (χ4n) is 4.15. The number of amides is 3. The second-order valence-electron chi connectivity index (χ2n) is 7.73. The molecule has 1 heterocycles. The molecular weight excluding hydrogens is 376 g/mol. The zero-order valence-electron chi connectivity index (χ0n) is 17.4. The molecule has 0 unspecified atom stereocenters. The lowest BCUT2D eigenvalue weighted by molar-refractivity contribution is -0.149. The van der Waals surface area contributed by atoms with Crippen LogP contribution >= 0.6 is 0 Å². The lowest BCUT2D eigenvalue weighted by Crippen LogP contribution is -2.54. The zero-order valence-corrected chi connectivity index (χ0v) is 17.4. The van der Waals surface area contributed by atoms with Gasteiger partial charge in [0.25, 0.3) is 5.91 Å². The number of hydrogen-bond acceptors (Lipinski definition) is 6. The van der Waals surface area contributed by atoms with Gasteiger partial charge in [-0.05, 0) is 48.9 Å². The van der Waals surface area contributed by atoms with E-state index < -0.39 is 24.1 Å². The van der Waals surface area contributed by atoms with Crippen LogP contribution in [0.1, 0.15) is 43.7 Å².